The van der Waals surface area contributed by atoms with E-state index in [1.54, 1.807) is 19.1 Å². The van der Waals surface area contributed by atoms with E-state index in [4.69, 9.17) is 28.3 Å². The van der Waals surface area contributed by atoms with Crippen LogP contribution in [-0.4, -0.2) is 22.7 Å². The van der Waals surface area contributed by atoms with Gasteiger partial charge in [-0.3, -0.25) is 0 Å². The van der Waals surface area contributed by atoms with Crippen LogP contribution in [0.5, 0.6) is 0 Å². The van der Waals surface area contributed by atoms with Crippen molar-refractivity contribution in [2.45, 2.75) is 19.4 Å². The molecule has 1 aromatic heterocycles. The van der Waals surface area contributed by atoms with Crippen LogP contribution in [0.2, 0.25) is 10.2 Å². The predicted molar refractivity (Wildman–Crippen MR) is 59.0 cm³/mol. The largest absolute Gasteiger partial charge is 0.393 e. The molecule has 1 rings (SSSR count). The molecule has 0 spiro atoms. The summed E-state index contributed by atoms with van der Waals surface area (Å²) in [6, 6.07) is 3.31. The van der Waals surface area contributed by atoms with Crippen molar-refractivity contribution in [2.24, 2.45) is 0 Å². The summed E-state index contributed by atoms with van der Waals surface area (Å²) >= 11 is 11.6. The van der Waals surface area contributed by atoms with Crippen LogP contribution in [0.4, 0.5) is 5.82 Å². The fourth-order valence-electron chi connectivity index (χ4n) is 0.942. The maximum Gasteiger partial charge on any atom is 0.146 e. The van der Waals surface area contributed by atoms with E-state index in [-0.39, 0.29) is 6.10 Å². The highest BCUT2D eigenvalue weighted by atomic mass is 35.5. The number of rotatable bonds is 4. The van der Waals surface area contributed by atoms with Gasteiger partial charge < -0.3 is 10.4 Å². The van der Waals surface area contributed by atoms with Crippen molar-refractivity contribution in [3.8, 4) is 0 Å². The highest BCUT2D eigenvalue weighted by Crippen LogP contribution is 2.21. The number of nitrogens with one attached hydrogen (secondary N) is 1. The van der Waals surface area contributed by atoms with Crippen LogP contribution >= 0.6 is 23.2 Å². The summed E-state index contributed by atoms with van der Waals surface area (Å²) in [5.41, 5.74) is 0. The van der Waals surface area contributed by atoms with Crippen LogP contribution in [0.25, 0.3) is 0 Å². The van der Waals surface area contributed by atoms with Crippen molar-refractivity contribution in [1.82, 2.24) is 4.98 Å². The highest BCUT2D eigenvalue weighted by Gasteiger charge is 2.02. The molecular weight excluding hydrogens is 223 g/mol. The number of hydrogen-bond acceptors (Lipinski definition) is 3. The zero-order chi connectivity index (χ0) is 10.6. The molecule has 0 saturated carbocycles. The number of nitrogens with zero attached hydrogens (tertiary/aromatic N) is 1. The molecule has 1 heterocycles. The summed E-state index contributed by atoms with van der Waals surface area (Å²) < 4.78 is 0. The number of aliphatic hydroxyl groups is 1. The molecule has 5 heteroatoms. The number of halogens is 2. The lowest BCUT2D eigenvalue weighted by Gasteiger charge is -2.08. The Bertz CT molecular complexity index is 305. The van der Waals surface area contributed by atoms with E-state index in [9.17, 15) is 0 Å². The maximum absolute atomic E-state index is 9.03. The molecule has 78 valence electrons. The van der Waals surface area contributed by atoms with Gasteiger partial charge in [0.1, 0.15) is 11.0 Å². The number of pyridine rings is 1. The molecule has 0 aromatic carbocycles. The smallest absolute Gasteiger partial charge is 0.146 e. The first-order chi connectivity index (χ1) is 6.59. The Labute approximate surface area is 93.1 Å². The molecule has 0 amide bonds. The second-order valence-corrected chi connectivity index (χ2v) is 3.82. The number of hydrogen-bond donors (Lipinski definition) is 2. The van der Waals surface area contributed by atoms with Gasteiger partial charge in [0, 0.05) is 6.54 Å². The Balaban J connectivity index is 2.53. The molecule has 1 aromatic rings. The molecule has 0 fully saturated rings. The zero-order valence-electron chi connectivity index (χ0n) is 7.80. The SMILES string of the molecule is C[C@H](O)CCNc1nc(Cl)ccc1Cl. The second-order valence-electron chi connectivity index (χ2n) is 3.03. The molecule has 0 aliphatic carbocycles. The topological polar surface area (TPSA) is 45.1 Å². The quantitative estimate of drug-likeness (QED) is 0.788. The molecule has 2 N–H and O–H groups in total. The van der Waals surface area contributed by atoms with Gasteiger partial charge in [-0.05, 0) is 25.5 Å². The molecule has 0 unspecified atom stereocenters. The van der Waals surface area contributed by atoms with Gasteiger partial charge in [-0.1, -0.05) is 23.2 Å². The van der Waals surface area contributed by atoms with Crippen LogP contribution in [0.15, 0.2) is 12.1 Å². The third kappa shape index (κ3) is 3.70. The number of aromatic nitrogens is 1. The molecule has 14 heavy (non-hydrogen) atoms. The summed E-state index contributed by atoms with van der Waals surface area (Å²) in [7, 11) is 0. The summed E-state index contributed by atoms with van der Waals surface area (Å²) in [5, 5.41) is 13.0. The first-order valence-corrected chi connectivity index (χ1v) is 5.09. The van der Waals surface area contributed by atoms with E-state index in [0.717, 1.165) is 0 Å². The van der Waals surface area contributed by atoms with E-state index in [0.29, 0.717) is 29.0 Å². The van der Waals surface area contributed by atoms with Crippen molar-refractivity contribution in [2.75, 3.05) is 11.9 Å². The van der Waals surface area contributed by atoms with E-state index >= 15 is 0 Å². The van der Waals surface area contributed by atoms with Crippen molar-refractivity contribution in [3.05, 3.63) is 22.3 Å². The maximum atomic E-state index is 9.03. The van der Waals surface area contributed by atoms with E-state index in [1.165, 1.54) is 0 Å². The first kappa shape index (κ1) is 11.6. The van der Waals surface area contributed by atoms with E-state index in [2.05, 4.69) is 10.3 Å². The molecule has 1 atom stereocenters. The summed E-state index contributed by atoms with van der Waals surface area (Å²) in [6.45, 7) is 2.35. The van der Waals surface area contributed by atoms with Gasteiger partial charge in [-0.2, -0.15) is 0 Å². The molecule has 3 nitrogen and oxygen atoms in total. The lowest BCUT2D eigenvalue weighted by atomic mass is 10.3. The Morgan fingerprint density at radius 3 is 2.86 bits per heavy atom. The van der Waals surface area contributed by atoms with Crippen LogP contribution in [-0.2, 0) is 0 Å². The molecule has 0 bridgehead atoms. The van der Waals surface area contributed by atoms with Gasteiger partial charge >= 0.3 is 0 Å². The van der Waals surface area contributed by atoms with Crippen molar-refractivity contribution >= 4 is 29.0 Å². The third-order valence-corrected chi connectivity index (χ3v) is 2.18. The molecule has 0 saturated heterocycles. The molecular formula is C9H12Cl2N2O. The van der Waals surface area contributed by atoms with Gasteiger partial charge in [0.2, 0.25) is 0 Å². The number of anilines is 1. The van der Waals surface area contributed by atoms with Gasteiger partial charge in [-0.25, -0.2) is 4.98 Å². The molecule has 0 aliphatic heterocycles. The van der Waals surface area contributed by atoms with Crippen LogP contribution in [0.3, 0.4) is 0 Å². The normalized spacial score (nSPS) is 12.6. The van der Waals surface area contributed by atoms with Crippen molar-refractivity contribution in [3.63, 3.8) is 0 Å². The fourth-order valence-corrected chi connectivity index (χ4v) is 1.26. The van der Waals surface area contributed by atoms with Crippen molar-refractivity contribution < 1.29 is 5.11 Å². The fraction of sp³-hybridized carbons (Fsp3) is 0.444. The van der Waals surface area contributed by atoms with E-state index < -0.39 is 0 Å². The summed E-state index contributed by atoms with van der Waals surface area (Å²) in [5.74, 6) is 0.555. The molecule has 0 aliphatic rings. The van der Waals surface area contributed by atoms with Gasteiger partial charge in [-0.15, -0.1) is 0 Å². The van der Waals surface area contributed by atoms with E-state index in [1.807, 2.05) is 0 Å². The van der Waals surface area contributed by atoms with Crippen LogP contribution < -0.4 is 5.32 Å². The van der Waals surface area contributed by atoms with Gasteiger partial charge in [0.05, 0.1) is 11.1 Å². The third-order valence-electron chi connectivity index (χ3n) is 1.67. The lowest BCUT2D eigenvalue weighted by molar-refractivity contribution is 0.188. The van der Waals surface area contributed by atoms with Crippen molar-refractivity contribution in [1.29, 1.82) is 0 Å². The standard InChI is InChI=1S/C9H12Cl2N2O/c1-6(14)4-5-12-9-7(10)2-3-8(11)13-9/h2-3,6,14H,4-5H2,1H3,(H,12,13)/t6-/m0/s1. The highest BCUT2D eigenvalue weighted by molar-refractivity contribution is 6.34. The average molecular weight is 235 g/mol. The zero-order valence-corrected chi connectivity index (χ0v) is 9.31. The minimum atomic E-state index is -0.333. The van der Waals surface area contributed by atoms with Crippen LogP contribution in [0.1, 0.15) is 13.3 Å². The Kier molecular flexibility index (Phi) is 4.45. The Hall–Kier alpha value is -0.510. The van der Waals surface area contributed by atoms with Crippen LogP contribution in [0, 0.1) is 0 Å². The number of aliphatic hydroxyl groups excluding tert-OH is 1. The average Bonchev–Trinajstić information content (AvgIpc) is 2.10. The Morgan fingerprint density at radius 1 is 1.50 bits per heavy atom. The van der Waals surface area contributed by atoms with Gasteiger partial charge in [0.15, 0.2) is 0 Å². The van der Waals surface area contributed by atoms with Gasteiger partial charge in [0.25, 0.3) is 0 Å². The Morgan fingerprint density at radius 2 is 2.21 bits per heavy atom. The summed E-state index contributed by atoms with van der Waals surface area (Å²) in [6.07, 6.45) is 0.310. The lowest BCUT2D eigenvalue weighted by Crippen LogP contribution is -2.10. The first-order valence-electron chi connectivity index (χ1n) is 4.33. The minimum absolute atomic E-state index is 0.333. The monoisotopic (exact) mass is 234 g/mol. The predicted octanol–water partition coefficient (Wildman–Crippen LogP) is 2.57. The second kappa shape index (κ2) is 5.39. The summed E-state index contributed by atoms with van der Waals surface area (Å²) in [4.78, 5) is 4.01. The minimum Gasteiger partial charge on any atom is -0.393 e. The molecule has 0 radical (unpaired) electrons.